The minimum atomic E-state index is 0.0895. The molecular formula is C17H27N3O2. The summed E-state index contributed by atoms with van der Waals surface area (Å²) in [6, 6.07) is 0.713. The van der Waals surface area contributed by atoms with Gasteiger partial charge in [-0.2, -0.15) is 0 Å². The van der Waals surface area contributed by atoms with Crippen LogP contribution in [0.5, 0.6) is 0 Å². The Labute approximate surface area is 132 Å². The lowest BCUT2D eigenvalue weighted by Gasteiger charge is -2.42. The van der Waals surface area contributed by atoms with Gasteiger partial charge in [-0.05, 0) is 59.0 Å². The van der Waals surface area contributed by atoms with E-state index in [-0.39, 0.29) is 5.91 Å². The van der Waals surface area contributed by atoms with E-state index in [1.165, 1.54) is 25.8 Å². The van der Waals surface area contributed by atoms with Crippen LogP contribution in [0.2, 0.25) is 0 Å². The second kappa shape index (κ2) is 6.41. The van der Waals surface area contributed by atoms with Crippen LogP contribution in [0.25, 0.3) is 0 Å². The van der Waals surface area contributed by atoms with Gasteiger partial charge in [-0.25, -0.2) is 0 Å². The first-order valence-corrected chi connectivity index (χ1v) is 8.50. The van der Waals surface area contributed by atoms with Gasteiger partial charge in [0.1, 0.15) is 11.3 Å². The number of carbonyl (C=O) groups is 1. The van der Waals surface area contributed by atoms with Gasteiger partial charge in [-0.3, -0.25) is 4.79 Å². The summed E-state index contributed by atoms with van der Waals surface area (Å²) in [5.41, 5.74) is 1.37. The van der Waals surface area contributed by atoms with Crippen LogP contribution >= 0.6 is 0 Å². The zero-order valence-corrected chi connectivity index (χ0v) is 14.0. The molecule has 5 nitrogen and oxygen atoms in total. The number of likely N-dealkylation sites (tertiary alicyclic amines) is 2. The predicted octanol–water partition coefficient (Wildman–Crippen LogP) is 2.63. The van der Waals surface area contributed by atoms with Crippen molar-refractivity contribution < 1.29 is 9.32 Å². The maximum Gasteiger partial charge on any atom is 0.259 e. The summed E-state index contributed by atoms with van der Waals surface area (Å²) in [6.07, 6.45) is 6.23. The summed E-state index contributed by atoms with van der Waals surface area (Å²) in [5.74, 6) is 1.46. The first-order valence-electron chi connectivity index (χ1n) is 8.50. The molecular weight excluding hydrogens is 278 g/mol. The van der Waals surface area contributed by atoms with E-state index in [4.69, 9.17) is 4.52 Å². The van der Waals surface area contributed by atoms with Crippen molar-refractivity contribution in [3.05, 3.63) is 17.0 Å². The van der Waals surface area contributed by atoms with Crippen LogP contribution in [-0.4, -0.2) is 53.6 Å². The van der Waals surface area contributed by atoms with Crippen molar-refractivity contribution in [2.24, 2.45) is 5.92 Å². The van der Waals surface area contributed by atoms with Gasteiger partial charge in [0, 0.05) is 19.1 Å². The molecule has 3 heterocycles. The standard InChI is InChI=1S/C17H27N3O2/c1-12-16(13(2)22-18-12)17(21)20-10-7-14(8-11-20)15-6-4-5-9-19(15)3/h14-15H,4-11H2,1-3H3/t15-/m1/s1. The van der Waals surface area contributed by atoms with Crippen LogP contribution in [0.3, 0.4) is 0 Å². The number of aromatic nitrogens is 1. The SMILES string of the molecule is Cc1noc(C)c1C(=O)N1CCC([C@H]2CCCCN2C)CC1. The topological polar surface area (TPSA) is 49.6 Å². The highest BCUT2D eigenvalue weighted by atomic mass is 16.5. The number of hydrogen-bond acceptors (Lipinski definition) is 4. The van der Waals surface area contributed by atoms with E-state index in [0.717, 1.165) is 31.8 Å². The normalized spacial score (nSPS) is 24.7. The van der Waals surface area contributed by atoms with Gasteiger partial charge in [-0.15, -0.1) is 0 Å². The Morgan fingerprint density at radius 1 is 1.14 bits per heavy atom. The van der Waals surface area contributed by atoms with Crippen molar-refractivity contribution >= 4 is 5.91 Å². The Hall–Kier alpha value is -1.36. The lowest BCUT2D eigenvalue weighted by atomic mass is 9.84. The summed E-state index contributed by atoms with van der Waals surface area (Å²) >= 11 is 0. The molecule has 2 aliphatic heterocycles. The van der Waals surface area contributed by atoms with Crippen molar-refractivity contribution in [1.29, 1.82) is 0 Å². The third-order valence-corrected chi connectivity index (χ3v) is 5.45. The van der Waals surface area contributed by atoms with Gasteiger partial charge in [0.25, 0.3) is 5.91 Å². The highest BCUT2D eigenvalue weighted by Gasteiger charge is 2.33. The quantitative estimate of drug-likeness (QED) is 0.843. The van der Waals surface area contributed by atoms with Crippen LogP contribution < -0.4 is 0 Å². The van der Waals surface area contributed by atoms with E-state index in [9.17, 15) is 4.79 Å². The molecule has 0 N–H and O–H groups in total. The van der Waals surface area contributed by atoms with Gasteiger partial charge in [0.05, 0.1) is 5.69 Å². The number of nitrogens with zero attached hydrogens (tertiary/aromatic N) is 3. The van der Waals surface area contributed by atoms with Gasteiger partial charge in [0.15, 0.2) is 0 Å². The van der Waals surface area contributed by atoms with Crippen molar-refractivity contribution in [1.82, 2.24) is 15.0 Å². The largest absolute Gasteiger partial charge is 0.361 e. The van der Waals surface area contributed by atoms with Crippen LogP contribution in [0.1, 0.15) is 53.9 Å². The summed E-state index contributed by atoms with van der Waals surface area (Å²) in [7, 11) is 2.26. The van der Waals surface area contributed by atoms with Gasteiger partial charge in [0.2, 0.25) is 0 Å². The Bertz CT molecular complexity index is 513. The predicted molar refractivity (Wildman–Crippen MR) is 84.9 cm³/mol. The molecule has 1 aromatic rings. The average Bonchev–Trinajstić information content (AvgIpc) is 2.86. The maximum atomic E-state index is 12.7. The fourth-order valence-electron chi connectivity index (χ4n) is 4.13. The molecule has 0 spiro atoms. The van der Waals surface area contributed by atoms with E-state index in [1.54, 1.807) is 0 Å². The summed E-state index contributed by atoms with van der Waals surface area (Å²) in [6.45, 7) is 6.60. The molecule has 2 fully saturated rings. The molecule has 2 aliphatic rings. The number of amides is 1. The molecule has 0 radical (unpaired) electrons. The Morgan fingerprint density at radius 3 is 2.45 bits per heavy atom. The average molecular weight is 305 g/mol. The Morgan fingerprint density at radius 2 is 1.86 bits per heavy atom. The van der Waals surface area contributed by atoms with Crippen molar-refractivity contribution in [3.63, 3.8) is 0 Å². The monoisotopic (exact) mass is 305 g/mol. The van der Waals surface area contributed by atoms with E-state index in [2.05, 4.69) is 17.1 Å². The first kappa shape index (κ1) is 15.5. The van der Waals surface area contributed by atoms with Gasteiger partial charge in [-0.1, -0.05) is 11.6 Å². The fourth-order valence-corrected chi connectivity index (χ4v) is 4.13. The summed E-state index contributed by atoms with van der Waals surface area (Å²) in [5, 5.41) is 3.90. The molecule has 0 saturated carbocycles. The molecule has 1 aromatic heterocycles. The smallest absolute Gasteiger partial charge is 0.259 e. The van der Waals surface area contributed by atoms with Crippen LogP contribution in [0.15, 0.2) is 4.52 Å². The summed E-state index contributed by atoms with van der Waals surface area (Å²) < 4.78 is 5.13. The van der Waals surface area contributed by atoms with Crippen LogP contribution in [-0.2, 0) is 0 Å². The lowest BCUT2D eigenvalue weighted by molar-refractivity contribution is 0.0553. The number of hydrogen-bond donors (Lipinski definition) is 0. The minimum absolute atomic E-state index is 0.0895. The second-order valence-corrected chi connectivity index (χ2v) is 6.87. The van der Waals surface area contributed by atoms with E-state index in [0.29, 0.717) is 23.1 Å². The summed E-state index contributed by atoms with van der Waals surface area (Å²) in [4.78, 5) is 17.2. The zero-order chi connectivity index (χ0) is 15.7. The van der Waals surface area contributed by atoms with Crippen molar-refractivity contribution in [2.75, 3.05) is 26.7 Å². The third-order valence-electron chi connectivity index (χ3n) is 5.45. The zero-order valence-electron chi connectivity index (χ0n) is 14.0. The van der Waals surface area contributed by atoms with Crippen molar-refractivity contribution in [3.8, 4) is 0 Å². The van der Waals surface area contributed by atoms with E-state index < -0.39 is 0 Å². The molecule has 0 unspecified atom stereocenters. The molecule has 22 heavy (non-hydrogen) atoms. The van der Waals surface area contributed by atoms with E-state index in [1.807, 2.05) is 18.7 Å². The molecule has 0 aliphatic carbocycles. The minimum Gasteiger partial charge on any atom is -0.361 e. The Kier molecular flexibility index (Phi) is 4.52. The number of aryl methyl sites for hydroxylation is 2. The molecule has 0 bridgehead atoms. The molecule has 1 atom stereocenters. The molecule has 3 rings (SSSR count). The first-order chi connectivity index (χ1) is 10.6. The number of rotatable bonds is 2. The molecule has 5 heteroatoms. The molecule has 0 aromatic carbocycles. The van der Waals surface area contributed by atoms with Crippen LogP contribution in [0, 0.1) is 19.8 Å². The van der Waals surface area contributed by atoms with Gasteiger partial charge < -0.3 is 14.3 Å². The third kappa shape index (κ3) is 2.91. The van der Waals surface area contributed by atoms with Crippen LogP contribution in [0.4, 0.5) is 0 Å². The highest BCUT2D eigenvalue weighted by molar-refractivity contribution is 5.96. The lowest BCUT2D eigenvalue weighted by Crippen LogP contribution is -2.47. The molecule has 122 valence electrons. The van der Waals surface area contributed by atoms with Gasteiger partial charge >= 0.3 is 0 Å². The maximum absolute atomic E-state index is 12.7. The highest BCUT2D eigenvalue weighted by Crippen LogP contribution is 2.30. The Balaban J connectivity index is 1.61. The second-order valence-electron chi connectivity index (χ2n) is 6.87. The molecule has 2 saturated heterocycles. The van der Waals surface area contributed by atoms with E-state index >= 15 is 0 Å². The number of carbonyl (C=O) groups excluding carboxylic acids is 1. The molecule has 1 amide bonds. The number of piperidine rings is 2. The van der Waals surface area contributed by atoms with Crippen molar-refractivity contribution in [2.45, 2.75) is 52.0 Å². The fraction of sp³-hybridized carbons (Fsp3) is 0.765.